The number of unbranched alkanes of at least 4 members (excludes halogenated alkanes) is 20. The van der Waals surface area contributed by atoms with Gasteiger partial charge in [0.25, 0.3) is 0 Å². The van der Waals surface area contributed by atoms with Gasteiger partial charge in [-0.2, -0.15) is 0 Å². The van der Waals surface area contributed by atoms with Crippen LogP contribution in [0.5, 0.6) is 0 Å². The van der Waals surface area contributed by atoms with Crippen LogP contribution in [0.25, 0.3) is 11.1 Å². The van der Waals surface area contributed by atoms with Crippen molar-refractivity contribution in [2.24, 2.45) is 0 Å². The SMILES string of the molecule is CCCCCCCCN(CCCCCCCC)CCC(=O)OCc1cccc(-c2cccc(COC(=O)CCN(CCCCCCCC)CCCCCCCC)c2)c1. The molecule has 6 heteroatoms. The Morgan fingerprint density at radius 2 is 0.690 bits per heavy atom. The van der Waals surface area contributed by atoms with Gasteiger partial charge in [0.15, 0.2) is 0 Å². The van der Waals surface area contributed by atoms with Crippen LogP contribution in [0.3, 0.4) is 0 Å². The number of ether oxygens (including phenoxy) is 2. The van der Waals surface area contributed by atoms with Crippen molar-refractivity contribution in [3.63, 3.8) is 0 Å². The molecule has 2 aromatic carbocycles. The normalized spacial score (nSPS) is 11.5. The molecule has 0 N–H and O–H groups in total. The number of carbonyl (C=O) groups is 2. The van der Waals surface area contributed by atoms with E-state index < -0.39 is 0 Å². The summed E-state index contributed by atoms with van der Waals surface area (Å²) in [5, 5.41) is 0. The highest BCUT2D eigenvalue weighted by Gasteiger charge is 2.12. The Kier molecular flexibility index (Phi) is 32.1. The molecule has 0 spiro atoms. The summed E-state index contributed by atoms with van der Waals surface area (Å²) in [6.07, 6.45) is 31.9. The predicted molar refractivity (Wildman–Crippen MR) is 247 cm³/mol. The Balaban J connectivity index is 1.83. The van der Waals surface area contributed by atoms with Crippen molar-refractivity contribution in [1.82, 2.24) is 9.80 Å². The van der Waals surface area contributed by atoms with Crippen LogP contribution in [-0.2, 0) is 32.3 Å². The second kappa shape index (κ2) is 36.2. The van der Waals surface area contributed by atoms with Gasteiger partial charge in [-0.25, -0.2) is 0 Å². The lowest BCUT2D eigenvalue weighted by Gasteiger charge is -2.22. The Morgan fingerprint density at radius 1 is 0.397 bits per heavy atom. The maximum atomic E-state index is 12.9. The van der Waals surface area contributed by atoms with E-state index in [1.54, 1.807) is 0 Å². The number of esters is 2. The molecule has 0 heterocycles. The molecular formula is C52H88N2O4. The molecule has 58 heavy (non-hydrogen) atoms. The molecule has 330 valence electrons. The highest BCUT2D eigenvalue weighted by molar-refractivity contribution is 5.70. The lowest BCUT2D eigenvalue weighted by atomic mass is 10.0. The van der Waals surface area contributed by atoms with Crippen molar-refractivity contribution in [1.29, 1.82) is 0 Å². The summed E-state index contributed by atoms with van der Waals surface area (Å²) in [6.45, 7) is 15.5. The zero-order chi connectivity index (χ0) is 41.7. The lowest BCUT2D eigenvalue weighted by Crippen LogP contribution is -2.29. The van der Waals surface area contributed by atoms with E-state index in [9.17, 15) is 9.59 Å². The zero-order valence-electron chi connectivity index (χ0n) is 38.2. The number of nitrogens with zero attached hydrogens (tertiary/aromatic N) is 2. The van der Waals surface area contributed by atoms with Crippen molar-refractivity contribution >= 4 is 11.9 Å². The molecule has 0 saturated carbocycles. The van der Waals surface area contributed by atoms with Gasteiger partial charge in [0.05, 0.1) is 12.8 Å². The Bertz CT molecular complexity index is 1150. The molecule has 2 rings (SSSR count). The Morgan fingerprint density at radius 3 is 1.00 bits per heavy atom. The van der Waals surface area contributed by atoms with Crippen molar-refractivity contribution in [2.45, 2.75) is 208 Å². The monoisotopic (exact) mass is 805 g/mol. The second-order valence-corrected chi connectivity index (χ2v) is 17.0. The van der Waals surface area contributed by atoms with Crippen molar-refractivity contribution in [2.75, 3.05) is 39.3 Å². The highest BCUT2D eigenvalue weighted by atomic mass is 16.5. The first-order chi connectivity index (χ1) is 28.5. The third kappa shape index (κ3) is 27.1. The van der Waals surface area contributed by atoms with Crippen LogP contribution in [-0.4, -0.2) is 61.0 Å². The largest absolute Gasteiger partial charge is 0.461 e. The molecular weight excluding hydrogens is 717 g/mol. The van der Waals surface area contributed by atoms with Gasteiger partial charge in [-0.15, -0.1) is 0 Å². The van der Waals surface area contributed by atoms with E-state index in [0.717, 1.165) is 61.5 Å². The summed E-state index contributed by atoms with van der Waals surface area (Å²) in [7, 11) is 0. The average molecular weight is 805 g/mol. The number of hydrogen-bond acceptors (Lipinski definition) is 6. The van der Waals surface area contributed by atoms with Gasteiger partial charge in [-0.3, -0.25) is 9.59 Å². The fraction of sp³-hybridized carbons (Fsp3) is 0.731. The summed E-state index contributed by atoms with van der Waals surface area (Å²) >= 11 is 0. The van der Waals surface area contributed by atoms with Gasteiger partial charge in [0.1, 0.15) is 13.2 Å². The smallest absolute Gasteiger partial charge is 0.307 e. The van der Waals surface area contributed by atoms with Crippen molar-refractivity contribution in [3.8, 4) is 11.1 Å². The maximum Gasteiger partial charge on any atom is 0.307 e. The Labute approximate surface area is 357 Å². The third-order valence-electron chi connectivity index (χ3n) is 11.6. The molecule has 0 aliphatic heterocycles. The minimum atomic E-state index is -0.127. The van der Waals surface area contributed by atoms with Crippen LogP contribution in [0, 0.1) is 0 Å². The molecule has 0 atom stereocenters. The van der Waals surface area contributed by atoms with Gasteiger partial charge in [-0.1, -0.05) is 193 Å². The minimum Gasteiger partial charge on any atom is -0.461 e. The number of hydrogen-bond donors (Lipinski definition) is 0. The van der Waals surface area contributed by atoms with Crippen LogP contribution in [0.2, 0.25) is 0 Å². The summed E-state index contributed by atoms with van der Waals surface area (Å²) in [4.78, 5) is 30.8. The van der Waals surface area contributed by atoms with Crippen molar-refractivity contribution in [3.05, 3.63) is 59.7 Å². The number of benzene rings is 2. The molecule has 0 fully saturated rings. The molecule has 0 saturated heterocycles. The topological polar surface area (TPSA) is 59.1 Å². The molecule has 0 aliphatic rings. The molecule has 2 aromatic rings. The van der Waals surface area contributed by atoms with E-state index in [1.165, 1.54) is 154 Å². The summed E-state index contributed by atoms with van der Waals surface area (Å²) in [5.74, 6) is -0.254. The minimum absolute atomic E-state index is 0.127. The average Bonchev–Trinajstić information content (AvgIpc) is 3.24. The predicted octanol–water partition coefficient (Wildman–Crippen LogP) is 14.3. The fourth-order valence-electron chi connectivity index (χ4n) is 7.79. The van der Waals surface area contributed by atoms with Crippen molar-refractivity contribution < 1.29 is 19.1 Å². The summed E-state index contributed by atoms with van der Waals surface area (Å²) in [6, 6.07) is 16.5. The summed E-state index contributed by atoms with van der Waals surface area (Å²) < 4.78 is 11.6. The molecule has 0 amide bonds. The van der Waals surface area contributed by atoms with Gasteiger partial charge in [-0.05, 0) is 86.2 Å². The van der Waals surface area contributed by atoms with E-state index in [0.29, 0.717) is 12.8 Å². The molecule has 0 radical (unpaired) electrons. The van der Waals surface area contributed by atoms with E-state index in [4.69, 9.17) is 9.47 Å². The first-order valence-corrected chi connectivity index (χ1v) is 24.4. The fourth-order valence-corrected chi connectivity index (χ4v) is 7.79. The van der Waals surface area contributed by atoms with E-state index in [-0.39, 0.29) is 25.2 Å². The van der Waals surface area contributed by atoms with Gasteiger partial charge >= 0.3 is 11.9 Å². The quantitative estimate of drug-likeness (QED) is 0.0495. The molecule has 0 unspecified atom stereocenters. The van der Waals surface area contributed by atoms with Crippen LogP contribution in [0.1, 0.15) is 206 Å². The number of carbonyl (C=O) groups excluding carboxylic acids is 2. The van der Waals surface area contributed by atoms with Gasteiger partial charge in [0, 0.05) is 13.1 Å². The Hall–Kier alpha value is -2.70. The first-order valence-electron chi connectivity index (χ1n) is 24.4. The number of rotatable bonds is 39. The van der Waals surface area contributed by atoms with E-state index in [1.807, 2.05) is 24.3 Å². The standard InChI is InChI=1S/C52H88N2O4/c1-5-9-13-17-21-25-37-53(38-26-22-18-14-10-6-2)41-35-51(55)57-45-47-31-29-33-49(43-47)50-34-30-32-48(44-50)46-58-52(56)36-42-54(39-27-23-19-15-11-7-3)40-28-24-20-16-12-8-4/h29-34,43-44H,5-28,35-42,45-46H2,1-4H3. The van der Waals surface area contributed by atoms with Gasteiger partial charge < -0.3 is 19.3 Å². The van der Waals surface area contributed by atoms with Gasteiger partial charge in [0.2, 0.25) is 0 Å². The molecule has 0 aliphatic carbocycles. The lowest BCUT2D eigenvalue weighted by molar-refractivity contribution is -0.146. The van der Waals surface area contributed by atoms with Crippen LogP contribution >= 0.6 is 0 Å². The maximum absolute atomic E-state index is 12.9. The van der Waals surface area contributed by atoms with Crippen LogP contribution < -0.4 is 0 Å². The second-order valence-electron chi connectivity index (χ2n) is 17.0. The molecule has 0 aromatic heterocycles. The highest BCUT2D eigenvalue weighted by Crippen LogP contribution is 2.23. The van der Waals surface area contributed by atoms with E-state index >= 15 is 0 Å². The van der Waals surface area contributed by atoms with Crippen LogP contribution in [0.4, 0.5) is 0 Å². The first kappa shape index (κ1) is 51.4. The third-order valence-corrected chi connectivity index (χ3v) is 11.6. The summed E-state index contributed by atoms with van der Waals surface area (Å²) in [5.41, 5.74) is 4.08. The van der Waals surface area contributed by atoms with E-state index in [2.05, 4.69) is 61.8 Å². The van der Waals surface area contributed by atoms with Crippen LogP contribution in [0.15, 0.2) is 48.5 Å². The molecule has 0 bridgehead atoms. The zero-order valence-corrected chi connectivity index (χ0v) is 38.2. The molecule has 6 nitrogen and oxygen atoms in total.